The third-order valence-corrected chi connectivity index (χ3v) is 2.91. The molecule has 0 unspecified atom stereocenters. The molecule has 1 N–H and O–H groups in total. The van der Waals surface area contributed by atoms with Crippen LogP contribution in [-0.2, 0) is 14.3 Å². The zero-order valence-corrected chi connectivity index (χ0v) is 8.20. The first kappa shape index (κ1) is 9.93. The minimum absolute atomic E-state index is 0.0319. The third-order valence-electron chi connectivity index (χ3n) is 2.91. The van der Waals surface area contributed by atoms with Gasteiger partial charge in [-0.05, 0) is 12.8 Å². The molecule has 1 spiro atoms. The summed E-state index contributed by atoms with van der Waals surface area (Å²) >= 11 is 0. The normalized spacial score (nSPS) is 30.6. The van der Waals surface area contributed by atoms with Crippen molar-refractivity contribution < 1.29 is 19.4 Å². The molecule has 1 saturated carbocycles. The number of aliphatic hydroxyl groups excluding tert-OH is 1. The predicted octanol–water partition coefficient (Wildman–Crippen LogP) is 0.971. The van der Waals surface area contributed by atoms with Crippen molar-refractivity contribution >= 4 is 5.97 Å². The average Bonchev–Trinajstić information content (AvgIpc) is 2.45. The van der Waals surface area contributed by atoms with Crippen LogP contribution in [-0.4, -0.2) is 29.6 Å². The van der Waals surface area contributed by atoms with Gasteiger partial charge in [-0.15, -0.1) is 0 Å². The van der Waals surface area contributed by atoms with E-state index in [0.29, 0.717) is 6.42 Å². The molecule has 0 aromatic heterocycles. The molecule has 14 heavy (non-hydrogen) atoms. The Morgan fingerprint density at radius 3 is 2.71 bits per heavy atom. The summed E-state index contributed by atoms with van der Waals surface area (Å²) in [5.41, 5.74) is 0. The molecule has 1 heterocycles. The third kappa shape index (κ3) is 1.77. The van der Waals surface area contributed by atoms with Gasteiger partial charge in [0, 0.05) is 25.9 Å². The Balaban J connectivity index is 1.99. The molecule has 1 saturated heterocycles. The topological polar surface area (TPSA) is 55.8 Å². The summed E-state index contributed by atoms with van der Waals surface area (Å²) in [6.45, 7) is -0.0319. The van der Waals surface area contributed by atoms with E-state index in [1.165, 1.54) is 6.42 Å². The average molecular weight is 200 g/mol. The highest BCUT2D eigenvalue weighted by Crippen LogP contribution is 2.38. The van der Waals surface area contributed by atoms with Crippen molar-refractivity contribution in [2.45, 2.75) is 50.4 Å². The Morgan fingerprint density at radius 1 is 1.36 bits per heavy atom. The van der Waals surface area contributed by atoms with Crippen LogP contribution >= 0.6 is 0 Å². The minimum Gasteiger partial charge on any atom is -0.431 e. The summed E-state index contributed by atoms with van der Waals surface area (Å²) in [6.07, 6.45) is 4.71. The van der Waals surface area contributed by atoms with E-state index in [9.17, 15) is 4.79 Å². The highest BCUT2D eigenvalue weighted by atomic mass is 16.8. The largest absolute Gasteiger partial charge is 0.431 e. The van der Waals surface area contributed by atoms with Crippen LogP contribution in [0.15, 0.2) is 0 Å². The molecule has 1 aliphatic heterocycles. The van der Waals surface area contributed by atoms with E-state index in [-0.39, 0.29) is 12.6 Å². The molecule has 0 amide bonds. The van der Waals surface area contributed by atoms with Gasteiger partial charge in [0.2, 0.25) is 5.79 Å². The summed E-state index contributed by atoms with van der Waals surface area (Å²) in [5, 5.41) is 8.74. The Morgan fingerprint density at radius 2 is 2.07 bits per heavy atom. The van der Waals surface area contributed by atoms with Crippen LogP contribution < -0.4 is 0 Å². The summed E-state index contributed by atoms with van der Waals surface area (Å²) in [6, 6.07) is 0. The summed E-state index contributed by atoms with van der Waals surface area (Å²) in [5.74, 6) is -0.948. The fraction of sp³-hybridized carbons (Fsp3) is 0.900. The Kier molecular flexibility index (Phi) is 2.74. The first-order chi connectivity index (χ1) is 6.76. The summed E-state index contributed by atoms with van der Waals surface area (Å²) in [7, 11) is 0. The van der Waals surface area contributed by atoms with Crippen LogP contribution in [0, 0.1) is 0 Å². The lowest BCUT2D eigenvalue weighted by Gasteiger charge is -2.30. The van der Waals surface area contributed by atoms with Crippen molar-refractivity contribution in [3.8, 4) is 0 Å². The maximum atomic E-state index is 11.4. The SMILES string of the molecule is O=C1OC2(CCCCC2)O[C@H]1CCO. The molecular weight excluding hydrogens is 184 g/mol. The van der Waals surface area contributed by atoms with Crippen molar-refractivity contribution in [2.75, 3.05) is 6.61 Å². The molecule has 0 bridgehead atoms. The van der Waals surface area contributed by atoms with Gasteiger partial charge in [0.05, 0.1) is 0 Å². The second-order valence-corrected chi connectivity index (χ2v) is 4.01. The van der Waals surface area contributed by atoms with Crippen LogP contribution in [0.5, 0.6) is 0 Å². The van der Waals surface area contributed by atoms with Crippen LogP contribution in [0.3, 0.4) is 0 Å². The van der Waals surface area contributed by atoms with Crippen LogP contribution in [0.4, 0.5) is 0 Å². The van der Waals surface area contributed by atoms with Gasteiger partial charge in [0.1, 0.15) is 0 Å². The minimum atomic E-state index is -0.644. The van der Waals surface area contributed by atoms with E-state index < -0.39 is 11.9 Å². The zero-order chi connectivity index (χ0) is 10.0. The number of hydrogen-bond acceptors (Lipinski definition) is 4. The molecular formula is C10H16O4. The molecule has 0 aromatic carbocycles. The number of hydrogen-bond donors (Lipinski definition) is 1. The second-order valence-electron chi connectivity index (χ2n) is 4.01. The number of carbonyl (C=O) groups excluding carboxylic acids is 1. The highest BCUT2D eigenvalue weighted by molar-refractivity contribution is 5.76. The molecule has 0 radical (unpaired) electrons. The van der Waals surface area contributed by atoms with Crippen LogP contribution in [0.2, 0.25) is 0 Å². The van der Waals surface area contributed by atoms with Crippen molar-refractivity contribution in [1.82, 2.24) is 0 Å². The van der Waals surface area contributed by atoms with E-state index in [1.54, 1.807) is 0 Å². The monoisotopic (exact) mass is 200 g/mol. The van der Waals surface area contributed by atoms with Gasteiger partial charge >= 0.3 is 5.97 Å². The Bertz CT molecular complexity index is 220. The lowest BCUT2D eigenvalue weighted by Crippen LogP contribution is -2.33. The standard InChI is InChI=1S/C10H16O4/c11-7-4-8-9(12)14-10(13-8)5-2-1-3-6-10/h8,11H,1-7H2/t8-/m0/s1. The molecule has 1 aliphatic carbocycles. The van der Waals surface area contributed by atoms with Crippen LogP contribution in [0.1, 0.15) is 38.5 Å². The maximum Gasteiger partial charge on any atom is 0.338 e. The van der Waals surface area contributed by atoms with Crippen molar-refractivity contribution in [1.29, 1.82) is 0 Å². The van der Waals surface area contributed by atoms with Gasteiger partial charge in [-0.1, -0.05) is 6.42 Å². The van der Waals surface area contributed by atoms with E-state index in [2.05, 4.69) is 0 Å². The fourth-order valence-corrected chi connectivity index (χ4v) is 2.18. The maximum absolute atomic E-state index is 11.4. The Labute approximate surface area is 83.2 Å². The van der Waals surface area contributed by atoms with Gasteiger partial charge in [-0.25, -0.2) is 4.79 Å². The molecule has 80 valence electrons. The molecule has 1 atom stereocenters. The zero-order valence-electron chi connectivity index (χ0n) is 8.20. The number of ether oxygens (including phenoxy) is 2. The molecule has 4 nitrogen and oxygen atoms in total. The fourth-order valence-electron chi connectivity index (χ4n) is 2.18. The van der Waals surface area contributed by atoms with Gasteiger partial charge in [0.25, 0.3) is 0 Å². The van der Waals surface area contributed by atoms with Crippen molar-refractivity contribution in [2.24, 2.45) is 0 Å². The smallest absolute Gasteiger partial charge is 0.338 e. The lowest BCUT2D eigenvalue weighted by molar-refractivity contribution is -0.192. The molecule has 4 heteroatoms. The lowest BCUT2D eigenvalue weighted by atomic mass is 9.94. The highest BCUT2D eigenvalue weighted by Gasteiger charge is 2.47. The molecule has 2 fully saturated rings. The second kappa shape index (κ2) is 3.87. The first-order valence-electron chi connectivity index (χ1n) is 5.27. The quantitative estimate of drug-likeness (QED) is 0.675. The van der Waals surface area contributed by atoms with Gasteiger partial charge in [-0.3, -0.25) is 0 Å². The Hall–Kier alpha value is -0.610. The van der Waals surface area contributed by atoms with Gasteiger partial charge in [0.15, 0.2) is 6.10 Å². The van der Waals surface area contributed by atoms with Crippen molar-refractivity contribution in [3.63, 3.8) is 0 Å². The summed E-state index contributed by atoms with van der Waals surface area (Å²) < 4.78 is 10.9. The number of carbonyl (C=O) groups is 1. The van der Waals surface area contributed by atoms with E-state index in [4.69, 9.17) is 14.6 Å². The summed E-state index contributed by atoms with van der Waals surface area (Å²) in [4.78, 5) is 11.4. The van der Waals surface area contributed by atoms with Gasteiger partial charge in [-0.2, -0.15) is 0 Å². The number of rotatable bonds is 2. The van der Waals surface area contributed by atoms with E-state index >= 15 is 0 Å². The molecule has 0 aromatic rings. The van der Waals surface area contributed by atoms with E-state index in [1.807, 2.05) is 0 Å². The van der Waals surface area contributed by atoms with Crippen LogP contribution in [0.25, 0.3) is 0 Å². The predicted molar refractivity (Wildman–Crippen MR) is 48.5 cm³/mol. The van der Waals surface area contributed by atoms with E-state index in [0.717, 1.165) is 25.7 Å². The molecule has 2 rings (SSSR count). The number of esters is 1. The number of aliphatic hydroxyl groups is 1. The van der Waals surface area contributed by atoms with Gasteiger partial charge < -0.3 is 14.6 Å². The first-order valence-corrected chi connectivity index (χ1v) is 5.27. The molecule has 2 aliphatic rings. The van der Waals surface area contributed by atoms with Crippen molar-refractivity contribution in [3.05, 3.63) is 0 Å².